The van der Waals surface area contributed by atoms with Crippen molar-refractivity contribution in [3.8, 4) is 0 Å². The van der Waals surface area contributed by atoms with Crippen LogP contribution in [0, 0.1) is 0 Å². The number of hydrogen-bond donors (Lipinski definition) is 3. The summed E-state index contributed by atoms with van der Waals surface area (Å²) < 4.78 is 66.0. The van der Waals surface area contributed by atoms with E-state index < -0.39 is 97.5 Å². The maximum Gasteiger partial charge on any atom is 0.472 e. The van der Waals surface area contributed by atoms with Crippen LogP contribution in [0.1, 0.15) is 207 Å². The number of phosphoric ester groups is 2. The summed E-state index contributed by atoms with van der Waals surface area (Å²) in [5, 5.41) is 10.3. The van der Waals surface area contributed by atoms with Gasteiger partial charge in [0, 0.05) is 25.7 Å². The van der Waals surface area contributed by atoms with Gasteiger partial charge in [-0.3, -0.25) is 37.3 Å². The van der Waals surface area contributed by atoms with Crippen molar-refractivity contribution >= 4 is 39.5 Å². The highest BCUT2D eigenvalue weighted by Crippen LogP contribution is 2.45. The van der Waals surface area contributed by atoms with Crippen LogP contribution < -0.4 is 0 Å². The number of unbranched alkanes of at least 4 members (excludes halogenated alkanes) is 21. The third kappa shape index (κ3) is 40.3. The molecule has 0 aliphatic carbocycles. The molecular weight excluding hydrogens is 874 g/mol. The largest absolute Gasteiger partial charge is 0.472 e. The number of hydrogen-bond acceptors (Lipinski definition) is 15. The van der Waals surface area contributed by atoms with Crippen LogP contribution in [0.25, 0.3) is 0 Å². The van der Waals surface area contributed by atoms with Gasteiger partial charge in [-0.15, -0.1) is 0 Å². The number of ether oxygens (including phenoxy) is 4. The minimum atomic E-state index is -4.91. The van der Waals surface area contributed by atoms with Crippen LogP contribution in [0.5, 0.6) is 0 Å². The number of phosphoric acid groups is 2. The van der Waals surface area contributed by atoms with Crippen molar-refractivity contribution < 1.29 is 80.2 Å². The Labute approximate surface area is 384 Å². The molecule has 0 amide bonds. The first-order valence-electron chi connectivity index (χ1n) is 24.3. The monoisotopic (exact) mass is 961 g/mol. The fourth-order valence-electron chi connectivity index (χ4n) is 6.32. The summed E-state index contributed by atoms with van der Waals surface area (Å²) in [5.41, 5.74) is 0. The zero-order chi connectivity index (χ0) is 47.7. The SMILES string of the molecule is CCCCCCCCCCCCCC(=O)OC[C@H](COP(=O)(O)OC[C@H](O)COP(=O)(O)OC[C@@H](COC(=O)CC)OC(=O)CCCCCCC)OC(=O)CCCCCCCCCC. The van der Waals surface area contributed by atoms with Crippen LogP contribution in [0.15, 0.2) is 0 Å². The molecule has 0 heterocycles. The third-order valence-corrected chi connectivity index (χ3v) is 12.1. The predicted molar refractivity (Wildman–Crippen MR) is 243 cm³/mol. The number of rotatable bonds is 46. The summed E-state index contributed by atoms with van der Waals surface area (Å²) >= 11 is 0. The molecule has 0 saturated heterocycles. The number of carbonyl (C=O) groups is 4. The molecule has 0 aliphatic heterocycles. The average Bonchev–Trinajstić information content (AvgIpc) is 3.26. The first kappa shape index (κ1) is 62.1. The quantitative estimate of drug-likeness (QED) is 0.0222. The van der Waals surface area contributed by atoms with E-state index in [1.54, 1.807) is 6.92 Å². The minimum absolute atomic E-state index is 0.0503. The van der Waals surface area contributed by atoms with E-state index in [0.717, 1.165) is 77.0 Å². The van der Waals surface area contributed by atoms with Gasteiger partial charge < -0.3 is 33.8 Å². The Bertz CT molecular complexity index is 1290. The molecule has 0 spiro atoms. The average molecular weight is 961 g/mol. The zero-order valence-corrected chi connectivity index (χ0v) is 41.5. The molecule has 17 nitrogen and oxygen atoms in total. The Morgan fingerprint density at radius 1 is 0.391 bits per heavy atom. The molecule has 0 saturated carbocycles. The lowest BCUT2D eigenvalue weighted by Gasteiger charge is -2.21. The molecule has 0 aromatic rings. The van der Waals surface area contributed by atoms with E-state index in [2.05, 4.69) is 20.8 Å². The Balaban J connectivity index is 5.01. The summed E-state index contributed by atoms with van der Waals surface area (Å²) in [6.07, 6.45) is 21.3. The van der Waals surface area contributed by atoms with Crippen LogP contribution in [-0.4, -0.2) is 96.7 Å². The van der Waals surface area contributed by atoms with Crippen LogP contribution in [0.4, 0.5) is 0 Å². The molecule has 3 N–H and O–H groups in total. The topological polar surface area (TPSA) is 237 Å². The van der Waals surface area contributed by atoms with E-state index in [4.69, 9.17) is 37.0 Å². The van der Waals surface area contributed by atoms with E-state index in [-0.39, 0.29) is 25.7 Å². The lowest BCUT2D eigenvalue weighted by Crippen LogP contribution is -2.30. The van der Waals surface area contributed by atoms with E-state index in [9.17, 15) is 43.2 Å². The second-order valence-electron chi connectivity index (χ2n) is 16.4. The predicted octanol–water partition coefficient (Wildman–Crippen LogP) is 10.5. The van der Waals surface area contributed by atoms with E-state index in [0.29, 0.717) is 19.3 Å². The molecule has 0 aliphatic rings. The Morgan fingerprint density at radius 2 is 0.672 bits per heavy atom. The van der Waals surface area contributed by atoms with Gasteiger partial charge in [0.25, 0.3) is 0 Å². The van der Waals surface area contributed by atoms with Gasteiger partial charge in [0.1, 0.15) is 19.3 Å². The summed E-state index contributed by atoms with van der Waals surface area (Å²) in [7, 11) is -9.80. The first-order valence-corrected chi connectivity index (χ1v) is 27.3. The molecule has 378 valence electrons. The Morgan fingerprint density at radius 3 is 1.00 bits per heavy atom. The standard InChI is InChI=1S/C45H86O17P2/c1-5-9-12-15-17-19-20-21-23-25-27-30-43(48)56-36-41(62-45(50)32-29-26-22-18-16-13-10-6-2)38-60-64(53,54)58-34-39(46)33-57-63(51,52)59-37-40(35-55-42(47)8-4)61-44(49)31-28-24-14-11-7-3/h39-41,46H,5-38H2,1-4H3,(H,51,52)(H,53,54)/t39-,40-,41-/m1/s1. The van der Waals surface area contributed by atoms with Gasteiger partial charge in [-0.2, -0.15) is 0 Å². The van der Waals surface area contributed by atoms with Crippen LogP contribution in [0.3, 0.4) is 0 Å². The van der Waals surface area contributed by atoms with Crippen LogP contribution in [-0.2, 0) is 65.4 Å². The lowest BCUT2D eigenvalue weighted by molar-refractivity contribution is -0.161. The van der Waals surface area contributed by atoms with Crippen molar-refractivity contribution in [2.24, 2.45) is 0 Å². The van der Waals surface area contributed by atoms with Crippen molar-refractivity contribution in [2.75, 3.05) is 39.6 Å². The van der Waals surface area contributed by atoms with Crippen molar-refractivity contribution in [1.82, 2.24) is 0 Å². The summed E-state index contributed by atoms with van der Waals surface area (Å²) in [6, 6.07) is 0. The van der Waals surface area contributed by atoms with Gasteiger partial charge in [-0.05, 0) is 19.3 Å². The van der Waals surface area contributed by atoms with Gasteiger partial charge >= 0.3 is 39.5 Å². The zero-order valence-electron chi connectivity index (χ0n) is 39.7. The third-order valence-electron chi connectivity index (χ3n) is 10.2. The second-order valence-corrected chi connectivity index (χ2v) is 19.3. The minimum Gasteiger partial charge on any atom is -0.462 e. The van der Waals surface area contributed by atoms with Crippen molar-refractivity contribution in [2.45, 2.75) is 226 Å². The highest BCUT2D eigenvalue weighted by molar-refractivity contribution is 7.47. The number of aliphatic hydroxyl groups is 1. The summed E-state index contributed by atoms with van der Waals surface area (Å²) in [4.78, 5) is 69.8. The highest BCUT2D eigenvalue weighted by Gasteiger charge is 2.30. The van der Waals surface area contributed by atoms with Gasteiger partial charge in [-0.1, -0.05) is 163 Å². The summed E-state index contributed by atoms with van der Waals surface area (Å²) in [5.74, 6) is -2.27. The van der Waals surface area contributed by atoms with Gasteiger partial charge in [0.2, 0.25) is 0 Å². The number of carbonyl (C=O) groups excluding carboxylic acids is 4. The fourth-order valence-corrected chi connectivity index (χ4v) is 7.89. The molecule has 5 atom stereocenters. The molecule has 0 aromatic carbocycles. The number of aliphatic hydroxyl groups excluding tert-OH is 1. The lowest BCUT2D eigenvalue weighted by atomic mass is 10.1. The molecule has 0 bridgehead atoms. The van der Waals surface area contributed by atoms with Crippen molar-refractivity contribution in [3.05, 3.63) is 0 Å². The molecule has 64 heavy (non-hydrogen) atoms. The normalized spacial score (nSPS) is 14.8. The van der Waals surface area contributed by atoms with Gasteiger partial charge in [0.05, 0.1) is 26.4 Å². The number of esters is 4. The highest BCUT2D eigenvalue weighted by atomic mass is 31.2. The smallest absolute Gasteiger partial charge is 0.462 e. The van der Waals surface area contributed by atoms with E-state index >= 15 is 0 Å². The molecule has 2 unspecified atom stereocenters. The fraction of sp³-hybridized carbons (Fsp3) is 0.911. The van der Waals surface area contributed by atoms with Gasteiger partial charge in [-0.25, -0.2) is 9.13 Å². The van der Waals surface area contributed by atoms with Crippen LogP contribution >= 0.6 is 15.6 Å². The van der Waals surface area contributed by atoms with Crippen LogP contribution in [0.2, 0.25) is 0 Å². The van der Waals surface area contributed by atoms with E-state index in [1.165, 1.54) is 57.8 Å². The molecular formula is C45H86O17P2. The molecule has 19 heteroatoms. The van der Waals surface area contributed by atoms with Crippen molar-refractivity contribution in [3.63, 3.8) is 0 Å². The summed E-state index contributed by atoms with van der Waals surface area (Å²) in [6.45, 7) is 4.01. The maximum absolute atomic E-state index is 12.7. The molecule has 0 fully saturated rings. The molecule has 0 rings (SSSR count). The van der Waals surface area contributed by atoms with E-state index in [1.807, 2.05) is 0 Å². The molecule has 0 radical (unpaired) electrons. The first-order chi connectivity index (χ1) is 30.7. The molecule has 0 aromatic heterocycles. The maximum atomic E-state index is 12.7. The Kier molecular flexibility index (Phi) is 40.0. The second kappa shape index (κ2) is 41.3. The Hall–Kier alpha value is -1.94. The van der Waals surface area contributed by atoms with Crippen molar-refractivity contribution in [1.29, 1.82) is 0 Å². The van der Waals surface area contributed by atoms with Gasteiger partial charge in [0.15, 0.2) is 12.2 Å².